The van der Waals surface area contributed by atoms with Gasteiger partial charge in [-0.2, -0.15) is 5.10 Å². The van der Waals surface area contributed by atoms with Gasteiger partial charge in [-0.3, -0.25) is 4.79 Å². The number of aryl methyl sites for hydroxylation is 1. The Bertz CT molecular complexity index is 1170. The fourth-order valence-corrected chi connectivity index (χ4v) is 3.08. The minimum absolute atomic E-state index is 0.215. The molecular formula is C22H18FN4O+. The van der Waals surface area contributed by atoms with Crippen LogP contribution in [0.5, 0.6) is 0 Å². The lowest BCUT2D eigenvalue weighted by molar-refractivity contribution is -0.671. The Morgan fingerprint density at radius 1 is 1.07 bits per heavy atom. The molecule has 138 valence electrons. The molecule has 2 N–H and O–H groups in total. The number of halogens is 1. The van der Waals surface area contributed by atoms with E-state index in [2.05, 4.69) is 5.10 Å². The van der Waals surface area contributed by atoms with Crippen LogP contribution in [0.25, 0.3) is 16.8 Å². The van der Waals surface area contributed by atoms with Crippen LogP contribution in [0, 0.1) is 5.82 Å². The normalized spacial score (nSPS) is 10.8. The molecule has 2 aromatic carbocycles. The molecule has 0 saturated heterocycles. The van der Waals surface area contributed by atoms with Gasteiger partial charge in [0.15, 0.2) is 18.2 Å². The monoisotopic (exact) mass is 373 g/mol. The summed E-state index contributed by atoms with van der Waals surface area (Å²) in [7, 11) is 1.95. The number of rotatable bonds is 4. The fraction of sp³-hybridized carbons (Fsp3) is 0.0455. The van der Waals surface area contributed by atoms with E-state index in [1.165, 1.54) is 23.0 Å². The van der Waals surface area contributed by atoms with Gasteiger partial charge in [-0.05, 0) is 42.0 Å². The smallest absolute Gasteiger partial charge is 0.198 e. The average molecular weight is 373 g/mol. The van der Waals surface area contributed by atoms with Crippen LogP contribution < -0.4 is 10.3 Å². The van der Waals surface area contributed by atoms with E-state index in [1.807, 2.05) is 54.3 Å². The summed E-state index contributed by atoms with van der Waals surface area (Å²) in [6, 6.07) is 17.1. The maximum Gasteiger partial charge on any atom is 0.198 e. The highest BCUT2D eigenvalue weighted by atomic mass is 19.1. The van der Waals surface area contributed by atoms with E-state index in [-0.39, 0.29) is 17.4 Å². The Kier molecular flexibility index (Phi) is 4.45. The van der Waals surface area contributed by atoms with Crippen LogP contribution in [0.1, 0.15) is 15.9 Å². The summed E-state index contributed by atoms with van der Waals surface area (Å²) >= 11 is 0. The van der Waals surface area contributed by atoms with Crippen molar-refractivity contribution < 1.29 is 13.8 Å². The van der Waals surface area contributed by atoms with Gasteiger partial charge in [-0.15, -0.1) is 0 Å². The third kappa shape index (κ3) is 3.27. The van der Waals surface area contributed by atoms with Gasteiger partial charge in [-0.25, -0.2) is 13.6 Å². The van der Waals surface area contributed by atoms with E-state index < -0.39 is 0 Å². The first-order valence-corrected chi connectivity index (χ1v) is 8.73. The third-order valence-corrected chi connectivity index (χ3v) is 4.52. The predicted octanol–water partition coefficient (Wildman–Crippen LogP) is 3.32. The summed E-state index contributed by atoms with van der Waals surface area (Å²) in [4.78, 5) is 13.0. The molecular weight excluding hydrogens is 355 g/mol. The molecule has 6 heteroatoms. The van der Waals surface area contributed by atoms with Crippen molar-refractivity contribution in [1.82, 2.24) is 9.78 Å². The first kappa shape index (κ1) is 17.6. The summed E-state index contributed by atoms with van der Waals surface area (Å²) in [6.45, 7) is 0. The summed E-state index contributed by atoms with van der Waals surface area (Å²) in [5, 5.41) is 4.20. The van der Waals surface area contributed by atoms with Crippen molar-refractivity contribution in [2.24, 2.45) is 7.05 Å². The van der Waals surface area contributed by atoms with E-state index in [1.54, 1.807) is 18.2 Å². The SMILES string of the molecule is C[n+]1cccc(-c2cccc(C(=O)c3cnn(-c4ccc(F)cc4)c3N)c2)c1. The second-order valence-corrected chi connectivity index (χ2v) is 6.50. The Morgan fingerprint density at radius 2 is 1.82 bits per heavy atom. The standard InChI is InChI=1S/C22H17FN4O/c1-26-11-3-6-17(14-26)15-4-2-5-16(12-15)21(28)20-13-25-27(22(20)24)19-9-7-18(23)8-10-19/h2-14H,1H3,(H-,24,25,28)/p+1. The molecule has 0 atom stereocenters. The second kappa shape index (κ2) is 7.08. The Morgan fingerprint density at radius 3 is 2.57 bits per heavy atom. The first-order chi connectivity index (χ1) is 13.5. The van der Waals surface area contributed by atoms with Crippen molar-refractivity contribution in [2.45, 2.75) is 0 Å². The predicted molar refractivity (Wildman–Crippen MR) is 104 cm³/mol. The van der Waals surface area contributed by atoms with E-state index in [4.69, 9.17) is 5.73 Å². The van der Waals surface area contributed by atoms with E-state index >= 15 is 0 Å². The molecule has 5 nitrogen and oxygen atoms in total. The average Bonchev–Trinajstić information content (AvgIpc) is 3.09. The lowest BCUT2D eigenvalue weighted by atomic mass is 10.00. The molecule has 2 aromatic heterocycles. The van der Waals surface area contributed by atoms with E-state index in [0.29, 0.717) is 16.8 Å². The molecule has 4 rings (SSSR count). The zero-order valence-electron chi connectivity index (χ0n) is 15.2. The van der Waals surface area contributed by atoms with Crippen molar-refractivity contribution in [3.63, 3.8) is 0 Å². The number of hydrogen-bond donors (Lipinski definition) is 1. The van der Waals surface area contributed by atoms with Gasteiger partial charge in [0.1, 0.15) is 18.7 Å². The number of carbonyl (C=O) groups excluding carboxylic acids is 1. The molecule has 4 aromatic rings. The van der Waals surface area contributed by atoms with Crippen LogP contribution in [-0.2, 0) is 7.05 Å². The molecule has 2 heterocycles. The van der Waals surface area contributed by atoms with Crippen LogP contribution in [-0.4, -0.2) is 15.6 Å². The largest absolute Gasteiger partial charge is 0.383 e. The Labute approximate surface area is 161 Å². The topological polar surface area (TPSA) is 64.8 Å². The summed E-state index contributed by atoms with van der Waals surface area (Å²) in [5.41, 5.74) is 9.52. The number of ketones is 1. The summed E-state index contributed by atoms with van der Waals surface area (Å²) in [5.74, 6) is -0.349. The molecule has 0 bridgehead atoms. The van der Waals surface area contributed by atoms with Crippen molar-refractivity contribution in [3.8, 4) is 16.8 Å². The number of nitrogen functional groups attached to an aromatic ring is 1. The van der Waals surface area contributed by atoms with Crippen molar-refractivity contribution in [1.29, 1.82) is 0 Å². The molecule has 0 aliphatic heterocycles. The van der Waals surface area contributed by atoms with Crippen LogP contribution in [0.2, 0.25) is 0 Å². The van der Waals surface area contributed by atoms with Crippen LogP contribution in [0.3, 0.4) is 0 Å². The van der Waals surface area contributed by atoms with Crippen LogP contribution in [0.4, 0.5) is 10.2 Å². The molecule has 0 unspecified atom stereocenters. The molecule has 0 spiro atoms. The number of benzene rings is 2. The number of nitrogens with zero attached hydrogens (tertiary/aromatic N) is 3. The minimum Gasteiger partial charge on any atom is -0.383 e. The van der Waals surface area contributed by atoms with Crippen molar-refractivity contribution in [2.75, 3.05) is 5.73 Å². The molecule has 0 radical (unpaired) electrons. The summed E-state index contributed by atoms with van der Waals surface area (Å²) in [6.07, 6.45) is 5.38. The zero-order chi connectivity index (χ0) is 19.7. The van der Waals surface area contributed by atoms with Gasteiger partial charge in [0.25, 0.3) is 0 Å². The van der Waals surface area contributed by atoms with Crippen LogP contribution in [0.15, 0.2) is 79.3 Å². The van der Waals surface area contributed by atoms with Gasteiger partial charge in [-0.1, -0.05) is 18.2 Å². The number of pyridine rings is 1. The molecule has 28 heavy (non-hydrogen) atoms. The minimum atomic E-state index is -0.350. The molecule has 0 saturated carbocycles. The van der Waals surface area contributed by atoms with Gasteiger partial charge in [0.2, 0.25) is 0 Å². The molecule has 0 aliphatic carbocycles. The van der Waals surface area contributed by atoms with Gasteiger partial charge < -0.3 is 5.73 Å². The lowest BCUT2D eigenvalue weighted by Crippen LogP contribution is -2.26. The quantitative estimate of drug-likeness (QED) is 0.441. The third-order valence-electron chi connectivity index (χ3n) is 4.52. The van der Waals surface area contributed by atoms with E-state index in [0.717, 1.165) is 11.1 Å². The number of aromatic nitrogens is 3. The Hall–Kier alpha value is -3.80. The van der Waals surface area contributed by atoms with Gasteiger partial charge in [0.05, 0.1) is 17.4 Å². The lowest BCUT2D eigenvalue weighted by Gasteiger charge is -2.06. The highest BCUT2D eigenvalue weighted by Gasteiger charge is 2.18. The second-order valence-electron chi connectivity index (χ2n) is 6.50. The zero-order valence-corrected chi connectivity index (χ0v) is 15.2. The molecule has 0 fully saturated rings. The number of carbonyl (C=O) groups is 1. The van der Waals surface area contributed by atoms with Gasteiger partial charge >= 0.3 is 0 Å². The number of nitrogens with two attached hydrogens (primary N) is 1. The maximum atomic E-state index is 13.1. The highest BCUT2D eigenvalue weighted by molar-refractivity contribution is 6.12. The fourth-order valence-electron chi connectivity index (χ4n) is 3.08. The van der Waals surface area contributed by atoms with E-state index in [9.17, 15) is 9.18 Å². The van der Waals surface area contributed by atoms with Crippen LogP contribution >= 0.6 is 0 Å². The summed E-state index contributed by atoms with van der Waals surface area (Å²) < 4.78 is 16.5. The first-order valence-electron chi connectivity index (χ1n) is 8.73. The maximum absolute atomic E-state index is 13.1. The van der Waals surface area contributed by atoms with Crippen molar-refractivity contribution >= 4 is 11.6 Å². The van der Waals surface area contributed by atoms with Gasteiger partial charge in [0, 0.05) is 17.2 Å². The molecule has 0 amide bonds. The Balaban J connectivity index is 1.69. The number of hydrogen-bond acceptors (Lipinski definition) is 3. The number of anilines is 1. The highest BCUT2D eigenvalue weighted by Crippen LogP contribution is 2.24. The van der Waals surface area contributed by atoms with Crippen molar-refractivity contribution in [3.05, 3.63) is 96.2 Å². The molecule has 0 aliphatic rings.